The molecule has 1 N–H and O–H groups in total. The zero-order valence-corrected chi connectivity index (χ0v) is 11.1. The summed E-state index contributed by atoms with van der Waals surface area (Å²) in [4.78, 5) is 13.7. The molecule has 0 aromatic carbocycles. The van der Waals surface area contributed by atoms with Crippen LogP contribution in [0.5, 0.6) is 0 Å². The summed E-state index contributed by atoms with van der Waals surface area (Å²) >= 11 is 0. The number of aliphatic hydroxyl groups is 1. The zero-order valence-electron chi connectivity index (χ0n) is 11.1. The van der Waals surface area contributed by atoms with Crippen molar-refractivity contribution in [1.82, 2.24) is 4.90 Å². The van der Waals surface area contributed by atoms with E-state index in [0.717, 1.165) is 12.8 Å². The van der Waals surface area contributed by atoms with Crippen molar-refractivity contribution in [2.45, 2.75) is 51.3 Å². The fourth-order valence-corrected chi connectivity index (χ4v) is 2.11. The molecule has 0 aromatic rings. The van der Waals surface area contributed by atoms with Crippen LogP contribution >= 0.6 is 0 Å². The highest BCUT2D eigenvalue weighted by Crippen LogP contribution is 2.26. The Labute approximate surface area is 103 Å². The van der Waals surface area contributed by atoms with E-state index in [1.54, 1.807) is 12.0 Å². The summed E-state index contributed by atoms with van der Waals surface area (Å²) in [5.74, 6) is 0. The minimum atomic E-state index is -0.517. The highest BCUT2D eigenvalue weighted by Gasteiger charge is 2.38. The minimum Gasteiger partial charge on any atom is -0.444 e. The standard InChI is InChI=1S/C12H23NO4/c1-12(2,3)17-11(15)13-9(7-14)5-6-10(13)8-16-4/h9-10,14H,5-8H2,1-4H3/t9-,10-/m0/s1. The third-order valence-corrected chi connectivity index (χ3v) is 2.79. The Morgan fingerprint density at radius 3 is 2.41 bits per heavy atom. The highest BCUT2D eigenvalue weighted by molar-refractivity contribution is 5.69. The third-order valence-electron chi connectivity index (χ3n) is 2.79. The first-order valence-electron chi connectivity index (χ1n) is 6.00. The van der Waals surface area contributed by atoms with Gasteiger partial charge in [0.2, 0.25) is 0 Å². The van der Waals surface area contributed by atoms with Gasteiger partial charge < -0.3 is 14.6 Å². The number of methoxy groups -OCH3 is 1. The average molecular weight is 245 g/mol. The summed E-state index contributed by atoms with van der Waals surface area (Å²) in [6, 6.07) is -0.142. The molecule has 0 unspecified atom stereocenters. The van der Waals surface area contributed by atoms with E-state index < -0.39 is 5.60 Å². The second kappa shape index (κ2) is 5.69. The van der Waals surface area contributed by atoms with E-state index in [1.165, 1.54) is 0 Å². The second-order valence-corrected chi connectivity index (χ2v) is 5.41. The van der Waals surface area contributed by atoms with Crippen LogP contribution in [-0.2, 0) is 9.47 Å². The number of carbonyl (C=O) groups is 1. The first-order chi connectivity index (χ1) is 7.89. The smallest absolute Gasteiger partial charge is 0.410 e. The van der Waals surface area contributed by atoms with E-state index in [1.807, 2.05) is 20.8 Å². The Morgan fingerprint density at radius 1 is 1.35 bits per heavy atom. The molecular formula is C12H23NO4. The number of nitrogens with zero attached hydrogens (tertiary/aromatic N) is 1. The molecule has 1 heterocycles. The Kier molecular flexibility index (Phi) is 4.77. The first-order valence-corrected chi connectivity index (χ1v) is 6.00. The predicted octanol–water partition coefficient (Wildman–Crippen LogP) is 1.39. The average Bonchev–Trinajstić information content (AvgIpc) is 2.58. The SMILES string of the molecule is COC[C@@H]1CC[C@@H](CO)N1C(=O)OC(C)(C)C. The fraction of sp³-hybridized carbons (Fsp3) is 0.917. The van der Waals surface area contributed by atoms with Crippen molar-refractivity contribution in [3.8, 4) is 0 Å². The molecular weight excluding hydrogens is 222 g/mol. The molecule has 1 saturated heterocycles. The predicted molar refractivity (Wildman–Crippen MR) is 63.8 cm³/mol. The molecule has 0 saturated carbocycles. The number of hydrogen-bond donors (Lipinski definition) is 1. The molecule has 17 heavy (non-hydrogen) atoms. The molecule has 1 aliphatic heterocycles. The maximum Gasteiger partial charge on any atom is 0.410 e. The van der Waals surface area contributed by atoms with Crippen LogP contribution in [0.4, 0.5) is 4.79 Å². The van der Waals surface area contributed by atoms with Crippen molar-refractivity contribution >= 4 is 6.09 Å². The summed E-state index contributed by atoms with van der Waals surface area (Å²) in [5, 5.41) is 9.28. The van der Waals surface area contributed by atoms with E-state index in [0.29, 0.717) is 6.61 Å². The van der Waals surface area contributed by atoms with Gasteiger partial charge in [0.25, 0.3) is 0 Å². The van der Waals surface area contributed by atoms with Gasteiger partial charge in [-0.15, -0.1) is 0 Å². The van der Waals surface area contributed by atoms with E-state index in [-0.39, 0.29) is 24.8 Å². The summed E-state index contributed by atoms with van der Waals surface area (Å²) < 4.78 is 10.4. The molecule has 5 nitrogen and oxygen atoms in total. The number of rotatable bonds is 3. The molecule has 0 spiro atoms. The van der Waals surface area contributed by atoms with Gasteiger partial charge in [0, 0.05) is 7.11 Å². The quantitative estimate of drug-likeness (QED) is 0.816. The van der Waals surface area contributed by atoms with Crippen molar-refractivity contribution in [1.29, 1.82) is 0 Å². The lowest BCUT2D eigenvalue weighted by Crippen LogP contribution is -2.46. The molecule has 100 valence electrons. The topological polar surface area (TPSA) is 59.0 Å². The third kappa shape index (κ3) is 3.85. The summed E-state index contributed by atoms with van der Waals surface area (Å²) in [5.41, 5.74) is -0.517. The Morgan fingerprint density at radius 2 is 1.94 bits per heavy atom. The van der Waals surface area contributed by atoms with Crippen molar-refractivity contribution in [3.05, 3.63) is 0 Å². The van der Waals surface area contributed by atoms with Crippen LogP contribution in [0.2, 0.25) is 0 Å². The van der Waals surface area contributed by atoms with E-state index in [4.69, 9.17) is 9.47 Å². The molecule has 0 bridgehead atoms. The number of carbonyl (C=O) groups excluding carboxylic acids is 1. The highest BCUT2D eigenvalue weighted by atomic mass is 16.6. The van der Waals surface area contributed by atoms with Crippen LogP contribution < -0.4 is 0 Å². The van der Waals surface area contributed by atoms with Gasteiger partial charge in [0.15, 0.2) is 0 Å². The molecule has 2 atom stereocenters. The molecule has 5 heteroatoms. The molecule has 1 aliphatic rings. The van der Waals surface area contributed by atoms with Crippen molar-refractivity contribution in [3.63, 3.8) is 0 Å². The van der Waals surface area contributed by atoms with E-state index in [2.05, 4.69) is 0 Å². The van der Waals surface area contributed by atoms with Gasteiger partial charge in [-0.25, -0.2) is 4.79 Å². The lowest BCUT2D eigenvalue weighted by atomic mass is 10.2. The molecule has 0 aromatic heterocycles. The Bertz CT molecular complexity index is 262. The maximum atomic E-state index is 12.1. The first kappa shape index (κ1) is 14.3. The Hall–Kier alpha value is -0.810. The monoisotopic (exact) mass is 245 g/mol. The van der Waals surface area contributed by atoms with Gasteiger partial charge in [0.1, 0.15) is 5.60 Å². The van der Waals surface area contributed by atoms with E-state index >= 15 is 0 Å². The number of aliphatic hydroxyl groups excluding tert-OH is 1. The zero-order chi connectivity index (χ0) is 13.1. The van der Waals surface area contributed by atoms with Crippen LogP contribution in [0.1, 0.15) is 33.6 Å². The number of amides is 1. The lowest BCUT2D eigenvalue weighted by Gasteiger charge is -2.31. The molecule has 1 amide bonds. The van der Waals surface area contributed by atoms with Gasteiger partial charge in [0.05, 0.1) is 25.3 Å². The minimum absolute atomic E-state index is 0.00648. The number of hydrogen-bond acceptors (Lipinski definition) is 4. The fourth-order valence-electron chi connectivity index (χ4n) is 2.11. The molecule has 1 fully saturated rings. The lowest BCUT2D eigenvalue weighted by molar-refractivity contribution is 0.000308. The Balaban J connectivity index is 2.70. The van der Waals surface area contributed by atoms with Crippen molar-refractivity contribution in [2.75, 3.05) is 20.3 Å². The van der Waals surface area contributed by atoms with Crippen LogP contribution in [0.15, 0.2) is 0 Å². The van der Waals surface area contributed by atoms with Crippen molar-refractivity contribution < 1.29 is 19.4 Å². The van der Waals surface area contributed by atoms with Gasteiger partial charge in [-0.3, -0.25) is 4.90 Å². The van der Waals surface area contributed by atoms with Gasteiger partial charge in [-0.1, -0.05) is 0 Å². The molecule has 1 rings (SSSR count). The van der Waals surface area contributed by atoms with Crippen LogP contribution in [0.3, 0.4) is 0 Å². The molecule has 0 radical (unpaired) electrons. The number of likely N-dealkylation sites (tertiary alicyclic amines) is 1. The van der Waals surface area contributed by atoms with Crippen molar-refractivity contribution in [2.24, 2.45) is 0 Å². The normalized spacial score (nSPS) is 25.1. The van der Waals surface area contributed by atoms with E-state index in [9.17, 15) is 9.90 Å². The summed E-state index contributed by atoms with van der Waals surface area (Å²) in [7, 11) is 1.61. The maximum absolute atomic E-state index is 12.1. The van der Waals surface area contributed by atoms with Gasteiger partial charge in [-0.05, 0) is 33.6 Å². The van der Waals surface area contributed by atoms with Gasteiger partial charge in [-0.2, -0.15) is 0 Å². The second-order valence-electron chi connectivity index (χ2n) is 5.41. The molecule has 0 aliphatic carbocycles. The summed E-state index contributed by atoms with van der Waals surface area (Å²) in [6.07, 6.45) is 1.28. The van der Waals surface area contributed by atoms with Crippen LogP contribution in [0.25, 0.3) is 0 Å². The number of ether oxygens (including phenoxy) is 2. The van der Waals surface area contributed by atoms with Crippen LogP contribution in [-0.4, -0.2) is 54.1 Å². The summed E-state index contributed by atoms with van der Waals surface area (Å²) in [6.45, 7) is 5.95. The van der Waals surface area contributed by atoms with Crippen LogP contribution in [0, 0.1) is 0 Å². The van der Waals surface area contributed by atoms with Gasteiger partial charge >= 0.3 is 6.09 Å². The largest absolute Gasteiger partial charge is 0.444 e.